The van der Waals surface area contributed by atoms with Crippen molar-refractivity contribution in [3.63, 3.8) is 0 Å². The molecule has 1 N–H and O–H groups in total. The molecule has 0 radical (unpaired) electrons. The molecule has 3 nitrogen and oxygen atoms in total. The van der Waals surface area contributed by atoms with Gasteiger partial charge in [0.2, 0.25) is 0 Å². The Kier molecular flexibility index (Phi) is 5.44. The molecular formula is C21H26F2N2O. The standard InChI is InChI=1S/C21H26F2N2O/c1-4-13(2)24-21(26)20-14(3)17-7-5-6-8-19(17)25(20)12-15-9-10-16(22)11-18(15)23/h9-11,13H,4-8,12H2,1-3H3,(H,24,26)/t13-/m1/s1. The van der Waals surface area contributed by atoms with Gasteiger partial charge in [0.1, 0.15) is 17.3 Å². The van der Waals surface area contributed by atoms with Crippen molar-refractivity contribution in [2.45, 2.75) is 65.5 Å². The van der Waals surface area contributed by atoms with Crippen LogP contribution in [-0.4, -0.2) is 16.5 Å². The maximum absolute atomic E-state index is 14.2. The normalized spacial score (nSPS) is 14.8. The number of carbonyl (C=O) groups excluding carboxylic acids is 1. The second-order valence-electron chi connectivity index (χ2n) is 7.21. The van der Waals surface area contributed by atoms with E-state index in [9.17, 15) is 13.6 Å². The van der Waals surface area contributed by atoms with Crippen molar-refractivity contribution in [2.24, 2.45) is 0 Å². The summed E-state index contributed by atoms with van der Waals surface area (Å²) in [4.78, 5) is 12.9. The van der Waals surface area contributed by atoms with Gasteiger partial charge in [-0.3, -0.25) is 4.79 Å². The molecular weight excluding hydrogens is 334 g/mol. The molecule has 1 aromatic heterocycles. The lowest BCUT2D eigenvalue weighted by Crippen LogP contribution is -2.34. The molecule has 0 saturated carbocycles. The molecule has 0 spiro atoms. The lowest BCUT2D eigenvalue weighted by Gasteiger charge is -2.18. The number of fused-ring (bicyclic) bond motifs is 1. The van der Waals surface area contributed by atoms with Crippen LogP contribution in [0.25, 0.3) is 0 Å². The zero-order valence-electron chi connectivity index (χ0n) is 15.7. The Bertz CT molecular complexity index is 826. The Morgan fingerprint density at radius 1 is 1.27 bits per heavy atom. The van der Waals surface area contributed by atoms with Crippen LogP contribution in [0.4, 0.5) is 8.78 Å². The summed E-state index contributed by atoms with van der Waals surface area (Å²) in [5.74, 6) is -1.28. The highest BCUT2D eigenvalue weighted by Gasteiger charge is 2.27. The van der Waals surface area contributed by atoms with Crippen molar-refractivity contribution in [2.75, 3.05) is 0 Å². The number of hydrogen-bond acceptors (Lipinski definition) is 1. The summed E-state index contributed by atoms with van der Waals surface area (Å²) in [5, 5.41) is 3.03. The minimum Gasteiger partial charge on any atom is -0.348 e. The van der Waals surface area contributed by atoms with Crippen molar-refractivity contribution in [3.05, 3.63) is 57.9 Å². The van der Waals surface area contributed by atoms with Crippen LogP contribution in [0.2, 0.25) is 0 Å². The van der Waals surface area contributed by atoms with Gasteiger partial charge in [-0.1, -0.05) is 13.0 Å². The first kappa shape index (κ1) is 18.6. The fraction of sp³-hybridized carbons (Fsp3) is 0.476. The van der Waals surface area contributed by atoms with E-state index in [1.807, 2.05) is 25.3 Å². The topological polar surface area (TPSA) is 34.0 Å². The van der Waals surface area contributed by atoms with Gasteiger partial charge < -0.3 is 9.88 Å². The lowest BCUT2D eigenvalue weighted by atomic mass is 9.95. The van der Waals surface area contributed by atoms with E-state index in [0.717, 1.165) is 49.4 Å². The second-order valence-corrected chi connectivity index (χ2v) is 7.21. The van der Waals surface area contributed by atoms with Crippen molar-refractivity contribution < 1.29 is 13.6 Å². The van der Waals surface area contributed by atoms with Gasteiger partial charge in [-0.05, 0) is 63.1 Å². The summed E-state index contributed by atoms with van der Waals surface area (Å²) in [6, 6.07) is 3.70. The average molecular weight is 360 g/mol. The minimum absolute atomic E-state index is 0.0739. The van der Waals surface area contributed by atoms with Gasteiger partial charge in [-0.15, -0.1) is 0 Å². The Labute approximate surface area is 153 Å². The van der Waals surface area contributed by atoms with Crippen molar-refractivity contribution >= 4 is 5.91 Å². The molecule has 3 rings (SSSR count). The molecule has 1 heterocycles. The molecule has 1 aromatic carbocycles. The largest absolute Gasteiger partial charge is 0.348 e. The van der Waals surface area contributed by atoms with E-state index in [-0.39, 0.29) is 18.5 Å². The lowest BCUT2D eigenvalue weighted by molar-refractivity contribution is 0.0929. The molecule has 0 fully saturated rings. The molecule has 1 aliphatic rings. The smallest absolute Gasteiger partial charge is 0.268 e. The van der Waals surface area contributed by atoms with E-state index in [4.69, 9.17) is 0 Å². The van der Waals surface area contributed by atoms with Crippen LogP contribution >= 0.6 is 0 Å². The maximum Gasteiger partial charge on any atom is 0.268 e. The number of rotatable bonds is 5. The molecule has 1 aliphatic carbocycles. The van der Waals surface area contributed by atoms with Gasteiger partial charge in [0, 0.05) is 23.4 Å². The van der Waals surface area contributed by atoms with Gasteiger partial charge in [0.25, 0.3) is 5.91 Å². The van der Waals surface area contributed by atoms with Crippen LogP contribution in [0.1, 0.15) is 66.0 Å². The van der Waals surface area contributed by atoms with Crippen LogP contribution in [-0.2, 0) is 19.4 Å². The van der Waals surface area contributed by atoms with Gasteiger partial charge in [-0.25, -0.2) is 8.78 Å². The van der Waals surface area contributed by atoms with E-state index in [1.165, 1.54) is 17.7 Å². The number of aromatic nitrogens is 1. The van der Waals surface area contributed by atoms with Crippen LogP contribution < -0.4 is 5.32 Å². The van der Waals surface area contributed by atoms with Crippen molar-refractivity contribution in [1.82, 2.24) is 9.88 Å². The monoisotopic (exact) mass is 360 g/mol. The first-order valence-corrected chi connectivity index (χ1v) is 9.38. The number of nitrogens with one attached hydrogen (secondary N) is 1. The highest BCUT2D eigenvalue weighted by atomic mass is 19.1. The van der Waals surface area contributed by atoms with E-state index in [0.29, 0.717) is 11.3 Å². The van der Waals surface area contributed by atoms with E-state index >= 15 is 0 Å². The first-order chi connectivity index (χ1) is 12.4. The first-order valence-electron chi connectivity index (χ1n) is 9.38. The quantitative estimate of drug-likeness (QED) is 0.835. The Hall–Kier alpha value is -2.17. The minimum atomic E-state index is -0.591. The zero-order chi connectivity index (χ0) is 18.8. The third-order valence-corrected chi connectivity index (χ3v) is 5.39. The summed E-state index contributed by atoms with van der Waals surface area (Å²) in [5.41, 5.74) is 4.33. The van der Waals surface area contributed by atoms with Crippen LogP contribution in [0.15, 0.2) is 18.2 Å². The molecule has 1 atom stereocenters. The van der Waals surface area contributed by atoms with E-state index < -0.39 is 11.6 Å². The van der Waals surface area contributed by atoms with E-state index in [1.54, 1.807) is 0 Å². The van der Waals surface area contributed by atoms with Crippen molar-refractivity contribution in [3.8, 4) is 0 Å². The summed E-state index contributed by atoms with van der Waals surface area (Å²) >= 11 is 0. The fourth-order valence-electron chi connectivity index (χ4n) is 3.75. The molecule has 0 unspecified atom stereocenters. The second kappa shape index (κ2) is 7.60. The number of halogens is 2. The predicted octanol–water partition coefficient (Wildman–Crippen LogP) is 4.53. The highest BCUT2D eigenvalue weighted by molar-refractivity contribution is 5.95. The third kappa shape index (κ3) is 3.53. The van der Waals surface area contributed by atoms with Crippen LogP contribution in [0.3, 0.4) is 0 Å². The van der Waals surface area contributed by atoms with Gasteiger partial charge in [0.05, 0.1) is 6.54 Å². The molecule has 1 amide bonds. The SMILES string of the molecule is CC[C@@H](C)NC(=O)c1c(C)c2c(n1Cc1ccc(F)cc1F)CCCC2. The Morgan fingerprint density at radius 2 is 2.00 bits per heavy atom. The van der Waals surface area contributed by atoms with Crippen molar-refractivity contribution in [1.29, 1.82) is 0 Å². The van der Waals surface area contributed by atoms with Crippen LogP contribution in [0.5, 0.6) is 0 Å². The van der Waals surface area contributed by atoms with E-state index in [2.05, 4.69) is 5.32 Å². The molecule has 5 heteroatoms. The molecule has 0 bridgehead atoms. The third-order valence-electron chi connectivity index (χ3n) is 5.39. The highest BCUT2D eigenvalue weighted by Crippen LogP contribution is 2.31. The number of carbonyl (C=O) groups is 1. The van der Waals surface area contributed by atoms with Gasteiger partial charge in [0.15, 0.2) is 0 Å². The molecule has 140 valence electrons. The molecule has 0 aliphatic heterocycles. The Balaban J connectivity index is 2.05. The number of benzene rings is 1. The summed E-state index contributed by atoms with van der Waals surface area (Å²) in [7, 11) is 0. The molecule has 26 heavy (non-hydrogen) atoms. The average Bonchev–Trinajstić information content (AvgIpc) is 2.90. The van der Waals surface area contributed by atoms with Gasteiger partial charge >= 0.3 is 0 Å². The summed E-state index contributed by atoms with van der Waals surface area (Å²) in [6.07, 6.45) is 4.85. The Morgan fingerprint density at radius 3 is 2.69 bits per heavy atom. The van der Waals surface area contributed by atoms with Gasteiger partial charge in [-0.2, -0.15) is 0 Å². The molecule has 2 aromatic rings. The maximum atomic E-state index is 14.2. The predicted molar refractivity (Wildman–Crippen MR) is 98.5 cm³/mol. The summed E-state index contributed by atoms with van der Waals surface area (Å²) < 4.78 is 29.4. The zero-order valence-corrected chi connectivity index (χ0v) is 15.7. The fourth-order valence-corrected chi connectivity index (χ4v) is 3.75. The number of nitrogens with zero attached hydrogens (tertiary/aromatic N) is 1. The number of amides is 1. The number of hydrogen-bond donors (Lipinski definition) is 1. The molecule has 0 saturated heterocycles. The summed E-state index contributed by atoms with van der Waals surface area (Å²) in [6.45, 7) is 6.22. The van der Waals surface area contributed by atoms with Crippen LogP contribution in [0, 0.1) is 18.6 Å².